The molecule has 0 aromatic heterocycles. The number of nitrogens with one attached hydrogen (secondary N) is 2. The van der Waals surface area contributed by atoms with Crippen LogP contribution in [0.4, 0.5) is 16.2 Å². The normalized spacial score (nSPS) is 10.3. The van der Waals surface area contributed by atoms with Gasteiger partial charge in [-0.15, -0.1) is 0 Å². The van der Waals surface area contributed by atoms with E-state index in [9.17, 15) is 4.79 Å². The average molecular weight is 306 g/mol. The van der Waals surface area contributed by atoms with Crippen molar-refractivity contribution in [2.24, 2.45) is 0 Å². The molecule has 3 aromatic rings. The van der Waals surface area contributed by atoms with Gasteiger partial charge in [0.15, 0.2) is 0 Å². The Morgan fingerprint density at radius 1 is 0.913 bits per heavy atom. The molecule has 116 valence electrons. The smallest absolute Gasteiger partial charge is 0.323 e. The fraction of sp³-hybridized carbons (Fsp3) is 0.105. The summed E-state index contributed by atoms with van der Waals surface area (Å²) in [6.45, 7) is 1.94. The maximum atomic E-state index is 12.3. The van der Waals surface area contributed by atoms with Gasteiger partial charge in [0.2, 0.25) is 0 Å². The number of rotatable bonds is 3. The molecule has 0 aliphatic rings. The van der Waals surface area contributed by atoms with Gasteiger partial charge in [0.1, 0.15) is 5.75 Å². The molecule has 4 heteroatoms. The van der Waals surface area contributed by atoms with E-state index in [0.717, 1.165) is 27.7 Å². The highest BCUT2D eigenvalue weighted by atomic mass is 16.5. The second-order valence-electron chi connectivity index (χ2n) is 5.29. The third-order valence-electron chi connectivity index (χ3n) is 3.73. The molecule has 0 spiro atoms. The Hall–Kier alpha value is -3.01. The van der Waals surface area contributed by atoms with Crippen LogP contribution < -0.4 is 15.4 Å². The maximum Gasteiger partial charge on any atom is 0.323 e. The lowest BCUT2D eigenvalue weighted by Crippen LogP contribution is -2.20. The SMILES string of the molecule is COc1ccc(C)c(NC(=O)Nc2cccc3ccccc23)c1. The first-order valence-corrected chi connectivity index (χ1v) is 7.38. The molecule has 0 unspecified atom stereocenters. The van der Waals surface area contributed by atoms with Crippen molar-refractivity contribution in [3.8, 4) is 5.75 Å². The fourth-order valence-electron chi connectivity index (χ4n) is 2.47. The van der Waals surface area contributed by atoms with E-state index in [4.69, 9.17) is 4.74 Å². The molecule has 3 rings (SSSR count). The summed E-state index contributed by atoms with van der Waals surface area (Å²) in [6.07, 6.45) is 0. The summed E-state index contributed by atoms with van der Waals surface area (Å²) in [6, 6.07) is 19.1. The predicted molar refractivity (Wildman–Crippen MR) is 94.3 cm³/mol. The fourth-order valence-corrected chi connectivity index (χ4v) is 2.47. The highest BCUT2D eigenvalue weighted by Gasteiger charge is 2.08. The van der Waals surface area contributed by atoms with E-state index in [1.807, 2.05) is 61.5 Å². The van der Waals surface area contributed by atoms with Crippen molar-refractivity contribution in [1.29, 1.82) is 0 Å². The van der Waals surface area contributed by atoms with Gasteiger partial charge >= 0.3 is 6.03 Å². The van der Waals surface area contributed by atoms with E-state index < -0.39 is 0 Å². The first-order valence-electron chi connectivity index (χ1n) is 7.38. The van der Waals surface area contributed by atoms with Gasteiger partial charge in [0.05, 0.1) is 12.8 Å². The summed E-state index contributed by atoms with van der Waals surface area (Å²) in [5, 5.41) is 7.87. The van der Waals surface area contributed by atoms with Crippen molar-refractivity contribution in [2.75, 3.05) is 17.7 Å². The molecule has 0 saturated carbocycles. The number of ether oxygens (including phenoxy) is 1. The van der Waals surface area contributed by atoms with Gasteiger partial charge < -0.3 is 15.4 Å². The van der Waals surface area contributed by atoms with Gasteiger partial charge in [0, 0.05) is 17.1 Å². The molecule has 0 fully saturated rings. The predicted octanol–water partition coefficient (Wildman–Crippen LogP) is 4.80. The van der Waals surface area contributed by atoms with Gasteiger partial charge in [-0.3, -0.25) is 0 Å². The zero-order chi connectivity index (χ0) is 16.2. The number of fused-ring (bicyclic) bond motifs is 1. The minimum atomic E-state index is -0.280. The molecule has 0 bridgehead atoms. The number of benzene rings is 3. The van der Waals surface area contributed by atoms with Gasteiger partial charge in [0.25, 0.3) is 0 Å². The van der Waals surface area contributed by atoms with Crippen molar-refractivity contribution in [3.63, 3.8) is 0 Å². The van der Waals surface area contributed by atoms with Gasteiger partial charge in [-0.2, -0.15) is 0 Å². The Balaban J connectivity index is 1.82. The lowest BCUT2D eigenvalue weighted by Gasteiger charge is -2.12. The average Bonchev–Trinajstić information content (AvgIpc) is 2.57. The molecule has 0 heterocycles. The molecule has 2 amide bonds. The zero-order valence-corrected chi connectivity index (χ0v) is 13.1. The Labute approximate surface area is 135 Å². The first kappa shape index (κ1) is 14.9. The second kappa shape index (κ2) is 6.40. The Bertz CT molecular complexity index is 854. The molecule has 3 aromatic carbocycles. The topological polar surface area (TPSA) is 50.4 Å². The van der Waals surface area contributed by atoms with Crippen molar-refractivity contribution >= 4 is 28.2 Å². The molecule has 0 saturated heterocycles. The number of aryl methyl sites for hydroxylation is 1. The summed E-state index contributed by atoms with van der Waals surface area (Å²) < 4.78 is 5.20. The zero-order valence-electron chi connectivity index (χ0n) is 13.1. The summed E-state index contributed by atoms with van der Waals surface area (Å²) in [7, 11) is 1.60. The molecule has 2 N–H and O–H groups in total. The van der Waals surface area contributed by atoms with Crippen LogP contribution in [0.2, 0.25) is 0 Å². The summed E-state index contributed by atoms with van der Waals surface area (Å²) in [5.41, 5.74) is 2.47. The van der Waals surface area contributed by atoms with Crippen LogP contribution in [0.1, 0.15) is 5.56 Å². The van der Waals surface area contributed by atoms with Crippen LogP contribution in [0.3, 0.4) is 0 Å². The quantitative estimate of drug-likeness (QED) is 0.730. The number of carbonyl (C=O) groups excluding carboxylic acids is 1. The minimum absolute atomic E-state index is 0.280. The molecule has 4 nitrogen and oxygen atoms in total. The van der Waals surface area contributed by atoms with E-state index in [1.165, 1.54) is 0 Å². The lowest BCUT2D eigenvalue weighted by molar-refractivity contribution is 0.262. The highest BCUT2D eigenvalue weighted by molar-refractivity contribution is 6.06. The van der Waals surface area contributed by atoms with E-state index in [-0.39, 0.29) is 6.03 Å². The van der Waals surface area contributed by atoms with E-state index in [0.29, 0.717) is 5.75 Å². The van der Waals surface area contributed by atoms with Crippen LogP contribution in [-0.4, -0.2) is 13.1 Å². The number of methoxy groups -OCH3 is 1. The first-order chi connectivity index (χ1) is 11.2. The van der Waals surface area contributed by atoms with Crippen LogP contribution in [-0.2, 0) is 0 Å². The van der Waals surface area contributed by atoms with Crippen LogP contribution in [0, 0.1) is 6.92 Å². The summed E-state index contributed by atoms with van der Waals surface area (Å²) in [4.78, 5) is 12.3. The third-order valence-corrected chi connectivity index (χ3v) is 3.73. The molecule has 23 heavy (non-hydrogen) atoms. The lowest BCUT2D eigenvalue weighted by atomic mass is 10.1. The van der Waals surface area contributed by atoms with E-state index >= 15 is 0 Å². The molecule has 0 atom stereocenters. The summed E-state index contributed by atoms with van der Waals surface area (Å²) >= 11 is 0. The number of carbonyl (C=O) groups is 1. The van der Waals surface area contributed by atoms with Crippen molar-refractivity contribution in [1.82, 2.24) is 0 Å². The minimum Gasteiger partial charge on any atom is -0.497 e. The monoisotopic (exact) mass is 306 g/mol. The van der Waals surface area contributed by atoms with Crippen LogP contribution in [0.5, 0.6) is 5.75 Å². The summed E-state index contributed by atoms with van der Waals surface area (Å²) in [5.74, 6) is 0.705. The Morgan fingerprint density at radius 3 is 2.48 bits per heavy atom. The Kier molecular flexibility index (Phi) is 4.15. The number of hydrogen-bond acceptors (Lipinski definition) is 2. The van der Waals surface area contributed by atoms with Crippen LogP contribution >= 0.6 is 0 Å². The Morgan fingerprint density at radius 2 is 1.65 bits per heavy atom. The molecular formula is C19H18N2O2. The van der Waals surface area contributed by atoms with Gasteiger partial charge in [-0.05, 0) is 30.0 Å². The maximum absolute atomic E-state index is 12.3. The second-order valence-corrected chi connectivity index (χ2v) is 5.29. The number of urea groups is 1. The number of hydrogen-bond donors (Lipinski definition) is 2. The van der Waals surface area contributed by atoms with Gasteiger partial charge in [-0.1, -0.05) is 42.5 Å². The number of anilines is 2. The highest BCUT2D eigenvalue weighted by Crippen LogP contribution is 2.24. The number of amides is 2. The van der Waals surface area contributed by atoms with Crippen molar-refractivity contribution < 1.29 is 9.53 Å². The van der Waals surface area contributed by atoms with E-state index in [1.54, 1.807) is 13.2 Å². The standard InChI is InChI=1S/C19H18N2O2/c1-13-10-11-15(23-2)12-18(13)21-19(22)20-17-9-5-7-14-6-3-4-8-16(14)17/h3-12H,1-2H3,(H2,20,21,22). The van der Waals surface area contributed by atoms with Gasteiger partial charge in [-0.25, -0.2) is 4.79 Å². The molecule has 0 aliphatic carbocycles. The molecular weight excluding hydrogens is 288 g/mol. The molecule has 0 aliphatic heterocycles. The van der Waals surface area contributed by atoms with Crippen LogP contribution in [0.15, 0.2) is 60.7 Å². The van der Waals surface area contributed by atoms with Crippen molar-refractivity contribution in [3.05, 3.63) is 66.2 Å². The molecule has 0 radical (unpaired) electrons. The third kappa shape index (κ3) is 3.26. The largest absolute Gasteiger partial charge is 0.497 e. The van der Waals surface area contributed by atoms with E-state index in [2.05, 4.69) is 10.6 Å². The van der Waals surface area contributed by atoms with Crippen molar-refractivity contribution in [2.45, 2.75) is 6.92 Å². The van der Waals surface area contributed by atoms with Crippen LogP contribution in [0.25, 0.3) is 10.8 Å².